The van der Waals surface area contributed by atoms with Crippen molar-refractivity contribution in [1.82, 2.24) is 9.80 Å². The Morgan fingerprint density at radius 3 is 2.39 bits per heavy atom. The Kier molecular flexibility index (Phi) is 4.27. The van der Waals surface area contributed by atoms with Gasteiger partial charge in [0.1, 0.15) is 5.82 Å². The van der Waals surface area contributed by atoms with E-state index < -0.39 is 6.09 Å². The summed E-state index contributed by atoms with van der Waals surface area (Å²) in [4.78, 5) is 38.3. The summed E-state index contributed by atoms with van der Waals surface area (Å²) in [7, 11) is 0. The van der Waals surface area contributed by atoms with E-state index in [1.165, 1.54) is 17.0 Å². The Balaban J connectivity index is 1.54. The van der Waals surface area contributed by atoms with Crippen LogP contribution in [0.25, 0.3) is 0 Å². The number of imide groups is 1. The fourth-order valence-corrected chi connectivity index (χ4v) is 2.98. The standard InChI is InChI=1S/C16H17FN2O4/c17-12-3-1-11(2-4-12)9-14(20)18-7-5-13(6-8-18)19-15(21)10-23-16(19)22/h1-4,13H,5-10H2. The molecule has 3 amide bonds. The number of hydrogen-bond donors (Lipinski definition) is 0. The van der Waals surface area contributed by atoms with E-state index in [2.05, 4.69) is 0 Å². The normalized spacial score (nSPS) is 19.2. The van der Waals surface area contributed by atoms with Crippen LogP contribution in [0.4, 0.5) is 9.18 Å². The number of benzene rings is 1. The molecule has 0 radical (unpaired) electrons. The van der Waals surface area contributed by atoms with Crippen LogP contribution in [0.1, 0.15) is 18.4 Å². The lowest BCUT2D eigenvalue weighted by molar-refractivity contribution is -0.132. The van der Waals surface area contributed by atoms with Gasteiger partial charge in [0.25, 0.3) is 5.91 Å². The zero-order chi connectivity index (χ0) is 16.4. The van der Waals surface area contributed by atoms with Gasteiger partial charge in [-0.05, 0) is 30.5 Å². The summed E-state index contributed by atoms with van der Waals surface area (Å²) in [6, 6.07) is 5.66. The van der Waals surface area contributed by atoms with Gasteiger partial charge in [-0.1, -0.05) is 12.1 Å². The lowest BCUT2D eigenvalue weighted by atomic mass is 10.0. The molecule has 2 aliphatic rings. The predicted octanol–water partition coefficient (Wildman–Crippen LogP) is 1.34. The molecule has 1 aromatic rings. The van der Waals surface area contributed by atoms with Crippen molar-refractivity contribution in [2.24, 2.45) is 0 Å². The van der Waals surface area contributed by atoms with E-state index in [9.17, 15) is 18.8 Å². The molecule has 0 aliphatic carbocycles. The average molecular weight is 320 g/mol. The molecule has 2 aliphatic heterocycles. The highest BCUT2D eigenvalue weighted by atomic mass is 19.1. The largest absolute Gasteiger partial charge is 0.439 e. The van der Waals surface area contributed by atoms with Gasteiger partial charge in [-0.2, -0.15) is 0 Å². The molecule has 7 heteroatoms. The number of halogens is 1. The topological polar surface area (TPSA) is 66.9 Å². The van der Waals surface area contributed by atoms with Gasteiger partial charge in [-0.25, -0.2) is 14.1 Å². The molecular weight excluding hydrogens is 303 g/mol. The predicted molar refractivity (Wildman–Crippen MR) is 77.9 cm³/mol. The quantitative estimate of drug-likeness (QED) is 0.843. The Bertz CT molecular complexity index is 607. The molecule has 0 spiro atoms. The summed E-state index contributed by atoms with van der Waals surface area (Å²) in [5.74, 6) is -0.680. The maximum absolute atomic E-state index is 12.9. The number of likely N-dealkylation sites (tertiary alicyclic amines) is 1. The minimum Gasteiger partial charge on any atom is -0.439 e. The third-order valence-corrected chi connectivity index (χ3v) is 4.24. The number of rotatable bonds is 3. The van der Waals surface area contributed by atoms with Crippen LogP contribution in [0.15, 0.2) is 24.3 Å². The third kappa shape index (κ3) is 3.33. The van der Waals surface area contributed by atoms with Crippen molar-refractivity contribution in [2.45, 2.75) is 25.3 Å². The van der Waals surface area contributed by atoms with Crippen LogP contribution in [0.2, 0.25) is 0 Å². The minimum atomic E-state index is -0.592. The molecule has 0 saturated carbocycles. The highest BCUT2D eigenvalue weighted by Gasteiger charge is 2.38. The SMILES string of the molecule is O=C(Cc1ccc(F)cc1)N1CCC(N2C(=O)COC2=O)CC1. The van der Waals surface area contributed by atoms with Gasteiger partial charge >= 0.3 is 6.09 Å². The van der Waals surface area contributed by atoms with Crippen LogP contribution in [0.5, 0.6) is 0 Å². The molecule has 122 valence electrons. The zero-order valence-electron chi connectivity index (χ0n) is 12.5. The van der Waals surface area contributed by atoms with Crippen LogP contribution in [0.3, 0.4) is 0 Å². The smallest absolute Gasteiger partial charge is 0.417 e. The minimum absolute atomic E-state index is 0.0367. The number of amides is 3. The van der Waals surface area contributed by atoms with E-state index in [1.54, 1.807) is 17.0 Å². The van der Waals surface area contributed by atoms with E-state index in [-0.39, 0.29) is 36.7 Å². The van der Waals surface area contributed by atoms with E-state index in [0.29, 0.717) is 25.9 Å². The van der Waals surface area contributed by atoms with Gasteiger partial charge in [0, 0.05) is 19.1 Å². The van der Waals surface area contributed by atoms with E-state index in [1.807, 2.05) is 0 Å². The Morgan fingerprint density at radius 1 is 1.17 bits per heavy atom. The number of hydrogen-bond acceptors (Lipinski definition) is 4. The van der Waals surface area contributed by atoms with Gasteiger partial charge in [-0.3, -0.25) is 9.59 Å². The lowest BCUT2D eigenvalue weighted by Crippen LogP contribution is -2.48. The van der Waals surface area contributed by atoms with Crippen molar-refractivity contribution in [3.63, 3.8) is 0 Å². The molecule has 0 N–H and O–H groups in total. The summed E-state index contributed by atoms with van der Waals surface area (Å²) in [6.07, 6.45) is 0.729. The van der Waals surface area contributed by atoms with Gasteiger partial charge in [0.05, 0.1) is 6.42 Å². The first-order valence-electron chi connectivity index (χ1n) is 7.55. The average Bonchev–Trinajstić information content (AvgIpc) is 2.88. The molecule has 2 heterocycles. The van der Waals surface area contributed by atoms with Crippen LogP contribution >= 0.6 is 0 Å². The van der Waals surface area contributed by atoms with Crippen molar-refractivity contribution in [1.29, 1.82) is 0 Å². The fourth-order valence-electron chi connectivity index (χ4n) is 2.98. The maximum Gasteiger partial charge on any atom is 0.417 e. The number of ether oxygens (including phenoxy) is 1. The van der Waals surface area contributed by atoms with Crippen molar-refractivity contribution >= 4 is 17.9 Å². The van der Waals surface area contributed by atoms with Gasteiger partial charge in [0.15, 0.2) is 6.61 Å². The number of cyclic esters (lactones) is 1. The molecule has 2 saturated heterocycles. The first kappa shape index (κ1) is 15.5. The Labute approximate surface area is 132 Å². The number of carbonyl (C=O) groups excluding carboxylic acids is 3. The van der Waals surface area contributed by atoms with E-state index in [4.69, 9.17) is 4.74 Å². The number of nitrogens with zero attached hydrogens (tertiary/aromatic N) is 2. The van der Waals surface area contributed by atoms with Crippen LogP contribution in [-0.4, -0.2) is 53.4 Å². The molecule has 6 nitrogen and oxygen atoms in total. The summed E-state index contributed by atoms with van der Waals surface area (Å²) in [5.41, 5.74) is 0.761. The first-order valence-corrected chi connectivity index (χ1v) is 7.55. The van der Waals surface area contributed by atoms with Gasteiger partial charge < -0.3 is 9.64 Å². The molecule has 2 fully saturated rings. The molecule has 0 atom stereocenters. The molecular formula is C16H17FN2O4. The highest BCUT2D eigenvalue weighted by Crippen LogP contribution is 2.21. The Morgan fingerprint density at radius 2 is 1.83 bits per heavy atom. The number of piperidine rings is 1. The summed E-state index contributed by atoms with van der Waals surface area (Å²) in [5, 5.41) is 0. The van der Waals surface area contributed by atoms with E-state index >= 15 is 0 Å². The third-order valence-electron chi connectivity index (χ3n) is 4.24. The highest BCUT2D eigenvalue weighted by molar-refractivity contribution is 5.98. The molecule has 0 unspecified atom stereocenters. The molecule has 23 heavy (non-hydrogen) atoms. The molecule has 0 bridgehead atoms. The maximum atomic E-state index is 12.9. The van der Waals surface area contributed by atoms with Crippen LogP contribution in [-0.2, 0) is 20.7 Å². The summed E-state index contributed by atoms with van der Waals surface area (Å²) in [6.45, 7) is 0.784. The second kappa shape index (κ2) is 6.36. The van der Waals surface area contributed by atoms with Crippen molar-refractivity contribution in [3.8, 4) is 0 Å². The second-order valence-corrected chi connectivity index (χ2v) is 5.73. The van der Waals surface area contributed by atoms with Crippen LogP contribution in [0, 0.1) is 5.82 Å². The summed E-state index contributed by atoms with van der Waals surface area (Å²) < 4.78 is 17.6. The first-order chi connectivity index (χ1) is 11.0. The van der Waals surface area contributed by atoms with Gasteiger partial charge in [0.2, 0.25) is 5.91 Å². The summed E-state index contributed by atoms with van der Waals surface area (Å²) >= 11 is 0. The fraction of sp³-hybridized carbons (Fsp3) is 0.438. The van der Waals surface area contributed by atoms with E-state index in [0.717, 1.165) is 5.56 Å². The second-order valence-electron chi connectivity index (χ2n) is 5.73. The van der Waals surface area contributed by atoms with Crippen LogP contribution < -0.4 is 0 Å². The molecule has 3 rings (SSSR count). The zero-order valence-corrected chi connectivity index (χ0v) is 12.5. The molecule has 0 aromatic heterocycles. The van der Waals surface area contributed by atoms with Crippen molar-refractivity contribution in [2.75, 3.05) is 19.7 Å². The lowest BCUT2D eigenvalue weighted by Gasteiger charge is -2.34. The van der Waals surface area contributed by atoms with Gasteiger partial charge in [-0.15, -0.1) is 0 Å². The molecule has 1 aromatic carbocycles. The van der Waals surface area contributed by atoms with Crippen molar-refractivity contribution in [3.05, 3.63) is 35.6 Å². The number of carbonyl (C=O) groups is 3. The Hall–Kier alpha value is -2.44. The monoisotopic (exact) mass is 320 g/mol. The van der Waals surface area contributed by atoms with Crippen molar-refractivity contribution < 1.29 is 23.5 Å².